The summed E-state index contributed by atoms with van der Waals surface area (Å²) >= 11 is 0. The number of nitriles is 1. The molecule has 1 aliphatic heterocycles. The van der Waals surface area contributed by atoms with Gasteiger partial charge in [0.25, 0.3) is 0 Å². The highest BCUT2D eigenvalue weighted by atomic mass is 15.2. The van der Waals surface area contributed by atoms with Crippen molar-refractivity contribution in [1.82, 2.24) is 4.57 Å². The fourth-order valence-electron chi connectivity index (χ4n) is 6.04. The van der Waals surface area contributed by atoms with E-state index in [0.29, 0.717) is 5.92 Å². The predicted octanol–water partition coefficient (Wildman–Crippen LogP) is 3.32. The maximum Gasteiger partial charge on any atom is 0.124 e. The molecule has 3 heteroatoms. The molecule has 0 atom stereocenters. The second-order valence-corrected chi connectivity index (χ2v) is 7.50. The van der Waals surface area contributed by atoms with Crippen molar-refractivity contribution >= 4 is 5.82 Å². The first kappa shape index (κ1) is 11.3. The Morgan fingerprint density at radius 1 is 1.10 bits per heavy atom. The number of rotatable bonds is 1. The SMILES string of the molecule is N#Cc1c(C2C3CC4CC(C3)CC2C4)cn2c1NCC2. The Labute approximate surface area is 120 Å². The maximum absolute atomic E-state index is 9.62. The monoisotopic (exact) mass is 267 g/mol. The van der Waals surface area contributed by atoms with Crippen molar-refractivity contribution in [3.8, 4) is 6.07 Å². The molecule has 0 radical (unpaired) electrons. The molecule has 0 saturated heterocycles. The first-order chi connectivity index (χ1) is 9.83. The minimum absolute atomic E-state index is 0.678. The molecule has 104 valence electrons. The van der Waals surface area contributed by atoms with E-state index in [2.05, 4.69) is 22.1 Å². The van der Waals surface area contributed by atoms with Crippen LogP contribution < -0.4 is 5.32 Å². The molecule has 0 spiro atoms. The van der Waals surface area contributed by atoms with Gasteiger partial charge in [-0.2, -0.15) is 5.26 Å². The van der Waals surface area contributed by atoms with Gasteiger partial charge in [-0.05, 0) is 67.3 Å². The average molecular weight is 267 g/mol. The van der Waals surface area contributed by atoms with Crippen LogP contribution in [0.5, 0.6) is 0 Å². The van der Waals surface area contributed by atoms with Crippen LogP contribution in [0.25, 0.3) is 0 Å². The Bertz CT molecular complexity index is 578. The van der Waals surface area contributed by atoms with Crippen molar-refractivity contribution < 1.29 is 0 Å². The van der Waals surface area contributed by atoms with E-state index >= 15 is 0 Å². The van der Waals surface area contributed by atoms with Crippen LogP contribution in [-0.2, 0) is 6.54 Å². The minimum atomic E-state index is 0.678. The van der Waals surface area contributed by atoms with Gasteiger partial charge in [0.05, 0.1) is 5.56 Å². The lowest BCUT2D eigenvalue weighted by Crippen LogP contribution is -2.43. The number of nitrogens with one attached hydrogen (secondary N) is 1. The molecule has 1 aromatic heterocycles. The lowest BCUT2D eigenvalue weighted by molar-refractivity contribution is -0.00286. The summed E-state index contributed by atoms with van der Waals surface area (Å²) in [5.74, 6) is 5.51. The third-order valence-corrected chi connectivity index (χ3v) is 6.45. The Hall–Kier alpha value is -1.43. The van der Waals surface area contributed by atoms with E-state index in [9.17, 15) is 5.26 Å². The molecular weight excluding hydrogens is 246 g/mol. The van der Waals surface area contributed by atoms with E-state index in [1.54, 1.807) is 0 Å². The van der Waals surface area contributed by atoms with Crippen LogP contribution >= 0.6 is 0 Å². The van der Waals surface area contributed by atoms with Crippen molar-refractivity contribution in [2.24, 2.45) is 23.7 Å². The van der Waals surface area contributed by atoms with Crippen LogP contribution in [-0.4, -0.2) is 11.1 Å². The Morgan fingerprint density at radius 2 is 1.80 bits per heavy atom. The quantitative estimate of drug-likeness (QED) is 0.848. The summed E-state index contributed by atoms with van der Waals surface area (Å²) < 4.78 is 2.28. The van der Waals surface area contributed by atoms with Crippen molar-refractivity contribution in [1.29, 1.82) is 5.26 Å². The number of aromatic nitrogens is 1. The number of hydrogen-bond donors (Lipinski definition) is 1. The fraction of sp³-hybridized carbons (Fsp3) is 0.706. The first-order valence-corrected chi connectivity index (χ1v) is 8.20. The molecule has 2 heterocycles. The average Bonchev–Trinajstić information content (AvgIpc) is 2.97. The second kappa shape index (κ2) is 3.81. The third-order valence-electron chi connectivity index (χ3n) is 6.45. The number of hydrogen-bond acceptors (Lipinski definition) is 2. The molecule has 0 aromatic carbocycles. The van der Waals surface area contributed by atoms with Crippen LogP contribution in [0.4, 0.5) is 5.82 Å². The highest BCUT2D eigenvalue weighted by Crippen LogP contribution is 2.60. The number of fused-ring (bicyclic) bond motifs is 1. The topological polar surface area (TPSA) is 40.8 Å². The number of anilines is 1. The molecule has 4 aliphatic carbocycles. The highest BCUT2D eigenvalue weighted by Gasteiger charge is 2.49. The van der Waals surface area contributed by atoms with Gasteiger partial charge < -0.3 is 9.88 Å². The summed E-state index contributed by atoms with van der Waals surface area (Å²) in [4.78, 5) is 0. The smallest absolute Gasteiger partial charge is 0.124 e. The van der Waals surface area contributed by atoms with Crippen LogP contribution in [0.1, 0.15) is 49.1 Å². The Morgan fingerprint density at radius 3 is 2.45 bits per heavy atom. The zero-order valence-electron chi connectivity index (χ0n) is 11.8. The molecular formula is C17H21N3. The largest absolute Gasteiger partial charge is 0.369 e. The summed E-state index contributed by atoms with van der Waals surface area (Å²) in [5, 5.41) is 13.0. The standard InChI is InChI=1S/C17H21N3/c18-8-14-15(9-20-2-1-19-17(14)20)16-12-4-10-3-11(6-12)7-13(16)5-10/h9-13,16,19H,1-7H2. The summed E-state index contributed by atoms with van der Waals surface area (Å²) in [7, 11) is 0. The molecule has 5 aliphatic rings. The zero-order valence-corrected chi connectivity index (χ0v) is 11.8. The molecule has 0 amide bonds. The lowest BCUT2D eigenvalue weighted by atomic mass is 9.50. The Balaban J connectivity index is 1.59. The zero-order chi connectivity index (χ0) is 13.3. The van der Waals surface area contributed by atoms with Gasteiger partial charge in [0.15, 0.2) is 0 Å². The van der Waals surface area contributed by atoms with Crippen LogP contribution in [0.15, 0.2) is 6.20 Å². The van der Waals surface area contributed by atoms with Gasteiger partial charge in [-0.3, -0.25) is 0 Å². The fourth-order valence-corrected chi connectivity index (χ4v) is 6.04. The number of nitrogens with zero attached hydrogens (tertiary/aromatic N) is 2. The van der Waals surface area contributed by atoms with Crippen LogP contribution in [0.2, 0.25) is 0 Å². The molecule has 3 nitrogen and oxygen atoms in total. The highest BCUT2D eigenvalue weighted by molar-refractivity contribution is 5.61. The Kier molecular flexibility index (Phi) is 2.15. The molecule has 4 fully saturated rings. The van der Waals surface area contributed by atoms with Gasteiger partial charge in [0, 0.05) is 19.3 Å². The van der Waals surface area contributed by atoms with E-state index < -0.39 is 0 Å². The summed E-state index contributed by atoms with van der Waals surface area (Å²) in [6.07, 6.45) is 9.51. The van der Waals surface area contributed by atoms with E-state index in [1.165, 1.54) is 37.7 Å². The third kappa shape index (κ3) is 1.35. The first-order valence-electron chi connectivity index (χ1n) is 8.20. The second-order valence-electron chi connectivity index (χ2n) is 7.50. The normalized spacial score (nSPS) is 40.5. The van der Waals surface area contributed by atoms with Crippen molar-refractivity contribution in [2.45, 2.75) is 44.6 Å². The van der Waals surface area contributed by atoms with E-state index in [-0.39, 0.29) is 0 Å². The molecule has 1 N–H and O–H groups in total. The van der Waals surface area contributed by atoms with Gasteiger partial charge >= 0.3 is 0 Å². The van der Waals surface area contributed by atoms with Crippen LogP contribution in [0.3, 0.4) is 0 Å². The van der Waals surface area contributed by atoms with Gasteiger partial charge in [-0.1, -0.05) is 0 Å². The van der Waals surface area contributed by atoms with E-state index in [4.69, 9.17) is 0 Å². The molecule has 20 heavy (non-hydrogen) atoms. The van der Waals surface area contributed by atoms with Crippen molar-refractivity contribution in [3.05, 3.63) is 17.3 Å². The summed E-state index contributed by atoms with van der Waals surface area (Å²) in [6.45, 7) is 2.00. The molecule has 6 rings (SSSR count). The van der Waals surface area contributed by atoms with Crippen molar-refractivity contribution in [2.75, 3.05) is 11.9 Å². The lowest BCUT2D eigenvalue weighted by Gasteiger charge is -2.54. The van der Waals surface area contributed by atoms with Gasteiger partial charge in [0.2, 0.25) is 0 Å². The van der Waals surface area contributed by atoms with Gasteiger partial charge in [-0.25, -0.2) is 0 Å². The maximum atomic E-state index is 9.62. The molecule has 0 unspecified atom stereocenters. The van der Waals surface area contributed by atoms with Crippen LogP contribution in [0, 0.1) is 35.0 Å². The van der Waals surface area contributed by atoms with Crippen molar-refractivity contribution in [3.63, 3.8) is 0 Å². The predicted molar refractivity (Wildman–Crippen MR) is 77.4 cm³/mol. The van der Waals surface area contributed by atoms with E-state index in [0.717, 1.165) is 48.1 Å². The van der Waals surface area contributed by atoms with Gasteiger partial charge in [-0.15, -0.1) is 0 Å². The van der Waals surface area contributed by atoms with E-state index in [1.807, 2.05) is 0 Å². The summed E-state index contributed by atoms with van der Waals surface area (Å²) in [6, 6.07) is 2.50. The minimum Gasteiger partial charge on any atom is -0.369 e. The van der Waals surface area contributed by atoms with Gasteiger partial charge in [0.1, 0.15) is 11.9 Å². The summed E-state index contributed by atoms with van der Waals surface area (Å²) in [5.41, 5.74) is 2.34. The molecule has 4 saturated carbocycles. The molecule has 4 bridgehead atoms. The molecule has 1 aromatic rings.